The van der Waals surface area contributed by atoms with Crippen molar-refractivity contribution in [3.8, 4) is 0 Å². The standard InChI is InChI=1S/C20H23FN2O2/c1-14-7-12-19(23(14)20(24)25-2)15-8-10-17(11-9-15)22-13-16-5-3-4-6-18(16)21/h3-6,8-11,14,19,22H,7,12-13H2,1-2H3/t14-,19-/m1/s1. The zero-order valence-electron chi connectivity index (χ0n) is 14.5. The van der Waals surface area contributed by atoms with Crippen molar-refractivity contribution in [3.05, 3.63) is 65.5 Å². The number of nitrogens with one attached hydrogen (secondary N) is 1. The summed E-state index contributed by atoms with van der Waals surface area (Å²) < 4.78 is 18.6. The van der Waals surface area contributed by atoms with Gasteiger partial charge in [0.15, 0.2) is 0 Å². The van der Waals surface area contributed by atoms with E-state index in [1.165, 1.54) is 13.2 Å². The first-order valence-corrected chi connectivity index (χ1v) is 8.53. The Hall–Kier alpha value is -2.56. The van der Waals surface area contributed by atoms with Gasteiger partial charge in [0.05, 0.1) is 13.2 Å². The third kappa shape index (κ3) is 3.76. The van der Waals surface area contributed by atoms with E-state index in [-0.39, 0.29) is 24.0 Å². The number of likely N-dealkylation sites (tertiary alicyclic amines) is 1. The summed E-state index contributed by atoms with van der Waals surface area (Å²) in [6, 6.07) is 14.9. The third-order valence-electron chi connectivity index (χ3n) is 4.79. The Morgan fingerprint density at radius 2 is 1.92 bits per heavy atom. The minimum atomic E-state index is -0.281. The van der Waals surface area contributed by atoms with E-state index in [0.29, 0.717) is 12.1 Å². The number of ether oxygens (including phenoxy) is 1. The van der Waals surface area contributed by atoms with Crippen molar-refractivity contribution in [3.63, 3.8) is 0 Å². The number of hydrogen-bond donors (Lipinski definition) is 1. The van der Waals surface area contributed by atoms with Crippen LogP contribution in [0.1, 0.15) is 36.9 Å². The number of rotatable bonds is 4. The summed E-state index contributed by atoms with van der Waals surface area (Å²) in [5.41, 5.74) is 2.64. The lowest BCUT2D eigenvalue weighted by atomic mass is 10.0. The Bertz CT molecular complexity index is 733. The first kappa shape index (κ1) is 17.3. The summed E-state index contributed by atoms with van der Waals surface area (Å²) in [6.07, 6.45) is 1.61. The first-order chi connectivity index (χ1) is 12.1. The number of benzene rings is 2. The molecule has 1 fully saturated rings. The topological polar surface area (TPSA) is 41.6 Å². The predicted octanol–water partition coefficient (Wildman–Crippen LogP) is 4.73. The molecule has 2 aromatic carbocycles. The lowest BCUT2D eigenvalue weighted by Gasteiger charge is -2.27. The smallest absolute Gasteiger partial charge is 0.410 e. The number of carbonyl (C=O) groups excluding carboxylic acids is 1. The molecule has 0 radical (unpaired) electrons. The van der Waals surface area contributed by atoms with Crippen molar-refractivity contribution < 1.29 is 13.9 Å². The third-order valence-corrected chi connectivity index (χ3v) is 4.79. The Kier molecular flexibility index (Phi) is 5.22. The summed E-state index contributed by atoms with van der Waals surface area (Å²) >= 11 is 0. The fraction of sp³-hybridized carbons (Fsp3) is 0.350. The Morgan fingerprint density at radius 3 is 2.60 bits per heavy atom. The number of anilines is 1. The highest BCUT2D eigenvalue weighted by molar-refractivity contribution is 5.69. The van der Waals surface area contributed by atoms with Crippen LogP contribution in [0.15, 0.2) is 48.5 Å². The van der Waals surface area contributed by atoms with Gasteiger partial charge in [-0.3, -0.25) is 4.90 Å². The average Bonchev–Trinajstić information content (AvgIpc) is 3.02. The number of nitrogens with zero attached hydrogens (tertiary/aromatic N) is 1. The minimum Gasteiger partial charge on any atom is -0.453 e. The molecule has 25 heavy (non-hydrogen) atoms. The van der Waals surface area contributed by atoms with Crippen LogP contribution in [0.25, 0.3) is 0 Å². The molecule has 0 aliphatic carbocycles. The van der Waals surface area contributed by atoms with Gasteiger partial charge < -0.3 is 10.1 Å². The van der Waals surface area contributed by atoms with E-state index in [9.17, 15) is 9.18 Å². The van der Waals surface area contributed by atoms with Crippen molar-refractivity contribution in [2.45, 2.75) is 38.4 Å². The van der Waals surface area contributed by atoms with Crippen LogP contribution in [-0.2, 0) is 11.3 Å². The maximum atomic E-state index is 13.7. The first-order valence-electron chi connectivity index (χ1n) is 8.53. The van der Waals surface area contributed by atoms with E-state index in [1.807, 2.05) is 42.2 Å². The second kappa shape index (κ2) is 7.55. The molecule has 1 aliphatic heterocycles. The average molecular weight is 342 g/mol. The minimum absolute atomic E-state index is 0.0445. The second-order valence-corrected chi connectivity index (χ2v) is 6.39. The molecule has 2 atom stereocenters. The molecular weight excluding hydrogens is 319 g/mol. The number of halogens is 1. The molecule has 3 rings (SSSR count). The quantitative estimate of drug-likeness (QED) is 0.873. The Balaban J connectivity index is 1.68. The molecule has 132 valence electrons. The lowest BCUT2D eigenvalue weighted by Crippen LogP contribution is -2.35. The van der Waals surface area contributed by atoms with E-state index < -0.39 is 0 Å². The van der Waals surface area contributed by atoms with E-state index in [2.05, 4.69) is 5.32 Å². The van der Waals surface area contributed by atoms with Crippen molar-refractivity contribution >= 4 is 11.8 Å². The van der Waals surface area contributed by atoms with Crippen LogP contribution in [0, 0.1) is 5.82 Å². The summed E-state index contributed by atoms with van der Waals surface area (Å²) in [4.78, 5) is 13.8. The molecule has 1 amide bonds. The molecule has 0 aromatic heterocycles. The van der Waals surface area contributed by atoms with Crippen LogP contribution < -0.4 is 5.32 Å². The van der Waals surface area contributed by atoms with Crippen molar-refractivity contribution in [1.29, 1.82) is 0 Å². The van der Waals surface area contributed by atoms with Gasteiger partial charge in [-0.1, -0.05) is 30.3 Å². The van der Waals surface area contributed by atoms with Gasteiger partial charge in [-0.25, -0.2) is 9.18 Å². The van der Waals surface area contributed by atoms with Crippen LogP contribution in [0.2, 0.25) is 0 Å². The zero-order valence-corrected chi connectivity index (χ0v) is 14.5. The summed E-state index contributed by atoms with van der Waals surface area (Å²) in [5.74, 6) is -0.208. The molecule has 0 bridgehead atoms. The van der Waals surface area contributed by atoms with Gasteiger partial charge in [0, 0.05) is 23.8 Å². The molecule has 0 unspecified atom stereocenters. The highest BCUT2D eigenvalue weighted by Gasteiger charge is 2.35. The number of methoxy groups -OCH3 is 1. The van der Waals surface area contributed by atoms with E-state index in [0.717, 1.165) is 24.1 Å². The molecule has 1 N–H and O–H groups in total. The maximum absolute atomic E-state index is 13.7. The largest absolute Gasteiger partial charge is 0.453 e. The molecule has 1 aliphatic rings. The number of carbonyl (C=O) groups is 1. The van der Waals surface area contributed by atoms with E-state index >= 15 is 0 Å². The normalized spacial score (nSPS) is 19.7. The number of hydrogen-bond acceptors (Lipinski definition) is 3. The van der Waals surface area contributed by atoms with Crippen LogP contribution in [0.5, 0.6) is 0 Å². The second-order valence-electron chi connectivity index (χ2n) is 6.39. The van der Waals surface area contributed by atoms with Gasteiger partial charge in [-0.05, 0) is 43.5 Å². The van der Waals surface area contributed by atoms with E-state index in [4.69, 9.17) is 4.74 Å². The fourth-order valence-electron chi connectivity index (χ4n) is 3.39. The molecular formula is C20H23FN2O2. The van der Waals surface area contributed by atoms with Crippen molar-refractivity contribution in [1.82, 2.24) is 4.90 Å². The molecule has 0 saturated carbocycles. The van der Waals surface area contributed by atoms with Crippen LogP contribution in [0.4, 0.5) is 14.9 Å². The molecule has 4 nitrogen and oxygen atoms in total. The number of amides is 1. The van der Waals surface area contributed by atoms with Gasteiger partial charge in [0.2, 0.25) is 0 Å². The highest BCUT2D eigenvalue weighted by atomic mass is 19.1. The molecule has 0 spiro atoms. The maximum Gasteiger partial charge on any atom is 0.410 e. The Labute approximate surface area is 147 Å². The summed E-state index contributed by atoms with van der Waals surface area (Å²) in [6.45, 7) is 2.47. The fourth-order valence-corrected chi connectivity index (χ4v) is 3.39. The van der Waals surface area contributed by atoms with Gasteiger partial charge in [-0.2, -0.15) is 0 Å². The van der Waals surface area contributed by atoms with Crippen LogP contribution >= 0.6 is 0 Å². The van der Waals surface area contributed by atoms with Crippen LogP contribution in [0.3, 0.4) is 0 Å². The molecule has 1 heterocycles. The van der Waals surface area contributed by atoms with Crippen LogP contribution in [-0.4, -0.2) is 24.1 Å². The monoisotopic (exact) mass is 342 g/mol. The lowest BCUT2D eigenvalue weighted by molar-refractivity contribution is 0.105. The van der Waals surface area contributed by atoms with Crippen molar-refractivity contribution in [2.24, 2.45) is 0 Å². The zero-order chi connectivity index (χ0) is 17.8. The van der Waals surface area contributed by atoms with Gasteiger partial charge in [0.25, 0.3) is 0 Å². The molecule has 2 aromatic rings. The van der Waals surface area contributed by atoms with Gasteiger partial charge in [-0.15, -0.1) is 0 Å². The molecule has 5 heteroatoms. The van der Waals surface area contributed by atoms with Gasteiger partial charge >= 0.3 is 6.09 Å². The summed E-state index contributed by atoms with van der Waals surface area (Å²) in [5, 5.41) is 3.23. The Morgan fingerprint density at radius 1 is 1.20 bits per heavy atom. The van der Waals surface area contributed by atoms with E-state index in [1.54, 1.807) is 12.1 Å². The molecule has 1 saturated heterocycles. The highest BCUT2D eigenvalue weighted by Crippen LogP contribution is 2.36. The summed E-state index contributed by atoms with van der Waals surface area (Å²) in [7, 11) is 1.42. The SMILES string of the molecule is COC(=O)N1[C@H](C)CC[C@@H]1c1ccc(NCc2ccccc2F)cc1. The van der Waals surface area contributed by atoms with Crippen molar-refractivity contribution in [2.75, 3.05) is 12.4 Å². The van der Waals surface area contributed by atoms with Gasteiger partial charge in [0.1, 0.15) is 5.82 Å². The predicted molar refractivity (Wildman–Crippen MR) is 95.8 cm³/mol.